The number of rotatable bonds is 6. The lowest BCUT2D eigenvalue weighted by Crippen LogP contribution is -2.41. The summed E-state index contributed by atoms with van der Waals surface area (Å²) in [6.07, 6.45) is 7.41. The third-order valence-electron chi connectivity index (χ3n) is 6.32. The van der Waals surface area contributed by atoms with Gasteiger partial charge in [0, 0.05) is 17.6 Å². The predicted molar refractivity (Wildman–Crippen MR) is 138 cm³/mol. The lowest BCUT2D eigenvalue weighted by molar-refractivity contribution is -0.124. The summed E-state index contributed by atoms with van der Waals surface area (Å²) in [4.78, 5) is 16.9. The van der Waals surface area contributed by atoms with Gasteiger partial charge in [-0.25, -0.2) is 0 Å². The molecule has 0 spiro atoms. The van der Waals surface area contributed by atoms with Crippen molar-refractivity contribution in [1.29, 1.82) is 0 Å². The molecule has 33 heavy (non-hydrogen) atoms. The quantitative estimate of drug-likeness (QED) is 0.335. The SMILES string of the molecule is COc1cc(/C=C2/C(=O)N(C3CCCCC3)C(=S)N2C)c(Br)cc1OCc1ccc(C)cc1. The highest BCUT2D eigenvalue weighted by molar-refractivity contribution is 9.10. The van der Waals surface area contributed by atoms with E-state index in [-0.39, 0.29) is 11.9 Å². The van der Waals surface area contributed by atoms with Gasteiger partial charge in [0.1, 0.15) is 12.3 Å². The van der Waals surface area contributed by atoms with Crippen molar-refractivity contribution in [3.63, 3.8) is 0 Å². The van der Waals surface area contributed by atoms with Crippen molar-refractivity contribution >= 4 is 45.2 Å². The zero-order chi connectivity index (χ0) is 23.5. The first-order valence-electron chi connectivity index (χ1n) is 11.3. The van der Waals surface area contributed by atoms with Crippen molar-refractivity contribution in [1.82, 2.24) is 9.80 Å². The summed E-state index contributed by atoms with van der Waals surface area (Å²) in [6.45, 7) is 2.50. The van der Waals surface area contributed by atoms with E-state index in [0.717, 1.165) is 41.3 Å². The van der Waals surface area contributed by atoms with Crippen molar-refractivity contribution in [2.24, 2.45) is 0 Å². The molecule has 2 aliphatic rings. The number of nitrogens with zero attached hydrogens (tertiary/aromatic N) is 2. The van der Waals surface area contributed by atoms with E-state index in [9.17, 15) is 4.79 Å². The second kappa shape index (κ2) is 10.3. The van der Waals surface area contributed by atoms with E-state index in [4.69, 9.17) is 21.7 Å². The molecule has 0 bridgehead atoms. The number of thiocarbonyl (C=S) groups is 1. The van der Waals surface area contributed by atoms with E-state index >= 15 is 0 Å². The van der Waals surface area contributed by atoms with Crippen LogP contribution in [0.25, 0.3) is 6.08 Å². The van der Waals surface area contributed by atoms with E-state index in [1.165, 1.54) is 12.0 Å². The number of halogens is 1. The van der Waals surface area contributed by atoms with Gasteiger partial charge in [0.25, 0.3) is 5.91 Å². The fourth-order valence-electron chi connectivity index (χ4n) is 4.36. The molecule has 1 saturated heterocycles. The summed E-state index contributed by atoms with van der Waals surface area (Å²) in [5.74, 6) is 1.22. The first kappa shape index (κ1) is 23.8. The molecule has 0 N–H and O–H groups in total. The molecule has 2 aromatic carbocycles. The van der Waals surface area contributed by atoms with Gasteiger partial charge >= 0.3 is 0 Å². The van der Waals surface area contributed by atoms with Crippen molar-refractivity contribution in [2.75, 3.05) is 14.2 Å². The number of methoxy groups -OCH3 is 1. The molecule has 0 aromatic heterocycles. The predicted octanol–water partition coefficient (Wildman–Crippen LogP) is 6.08. The van der Waals surface area contributed by atoms with E-state index in [0.29, 0.717) is 28.9 Å². The number of benzene rings is 2. The minimum atomic E-state index is -0.0278. The largest absolute Gasteiger partial charge is 0.493 e. The van der Waals surface area contributed by atoms with Crippen LogP contribution in [0.15, 0.2) is 46.6 Å². The van der Waals surface area contributed by atoms with Gasteiger partial charge in [-0.05, 0) is 61.3 Å². The van der Waals surface area contributed by atoms with Gasteiger partial charge in [-0.3, -0.25) is 9.69 Å². The minimum absolute atomic E-state index is 0.0278. The smallest absolute Gasteiger partial charge is 0.277 e. The normalized spacial score (nSPS) is 18.4. The van der Waals surface area contributed by atoms with Crippen LogP contribution in [-0.2, 0) is 11.4 Å². The molecule has 0 unspecified atom stereocenters. The molecule has 1 heterocycles. The zero-order valence-corrected chi connectivity index (χ0v) is 21.7. The van der Waals surface area contributed by atoms with Crippen LogP contribution >= 0.6 is 28.1 Å². The molecule has 1 aliphatic carbocycles. The Hall–Kier alpha value is -2.38. The van der Waals surface area contributed by atoms with Crippen molar-refractivity contribution < 1.29 is 14.3 Å². The summed E-state index contributed by atoms with van der Waals surface area (Å²) in [7, 11) is 3.48. The van der Waals surface area contributed by atoms with Crippen LogP contribution in [0.2, 0.25) is 0 Å². The number of hydrogen-bond acceptors (Lipinski definition) is 4. The van der Waals surface area contributed by atoms with Crippen LogP contribution in [0.5, 0.6) is 11.5 Å². The summed E-state index contributed by atoms with van der Waals surface area (Å²) in [5, 5.41) is 0.583. The lowest BCUT2D eigenvalue weighted by Gasteiger charge is -2.30. The molecule has 1 saturated carbocycles. The standard InChI is InChI=1S/C26H29BrN2O3S/c1-17-9-11-18(12-10-17)16-32-24-15-21(27)19(14-23(24)31-3)13-22-25(30)29(26(33)28(22)2)20-7-5-4-6-8-20/h9-15,20H,4-8,16H2,1-3H3/b22-13-. The van der Waals surface area contributed by atoms with E-state index in [2.05, 4.69) is 47.1 Å². The number of aryl methyl sites for hydroxylation is 1. The first-order chi connectivity index (χ1) is 15.9. The van der Waals surface area contributed by atoms with Crippen molar-refractivity contribution in [3.8, 4) is 11.5 Å². The third kappa shape index (κ3) is 5.09. The molecule has 0 atom stereocenters. The number of carbonyl (C=O) groups is 1. The van der Waals surface area contributed by atoms with Crippen molar-refractivity contribution in [2.45, 2.75) is 51.7 Å². The average molecular weight is 530 g/mol. The molecule has 7 heteroatoms. The van der Waals surface area contributed by atoms with Gasteiger partial charge in [-0.1, -0.05) is 65.0 Å². The summed E-state index contributed by atoms with van der Waals surface area (Å²) < 4.78 is 12.4. The Kier molecular flexibility index (Phi) is 7.39. The lowest BCUT2D eigenvalue weighted by atomic mass is 9.94. The van der Waals surface area contributed by atoms with Crippen molar-refractivity contribution in [3.05, 3.63) is 63.3 Å². The van der Waals surface area contributed by atoms with Gasteiger partial charge in [-0.15, -0.1) is 0 Å². The number of amides is 1. The maximum atomic E-state index is 13.3. The van der Waals surface area contributed by atoms with E-state index < -0.39 is 0 Å². The fourth-order valence-corrected chi connectivity index (χ4v) is 5.13. The summed E-state index contributed by atoms with van der Waals surface area (Å²) >= 11 is 9.28. The molecule has 2 aromatic rings. The highest BCUT2D eigenvalue weighted by atomic mass is 79.9. The number of ether oxygens (including phenoxy) is 2. The highest BCUT2D eigenvalue weighted by Gasteiger charge is 2.40. The Morgan fingerprint density at radius 1 is 1.12 bits per heavy atom. The zero-order valence-electron chi connectivity index (χ0n) is 19.3. The maximum absolute atomic E-state index is 13.3. The van der Waals surface area contributed by atoms with Crippen LogP contribution in [-0.4, -0.2) is 41.0 Å². The van der Waals surface area contributed by atoms with Gasteiger partial charge in [-0.2, -0.15) is 0 Å². The Balaban J connectivity index is 1.57. The van der Waals surface area contributed by atoms with E-state index in [1.54, 1.807) is 7.11 Å². The Morgan fingerprint density at radius 3 is 2.48 bits per heavy atom. The van der Waals surface area contributed by atoms with Gasteiger partial charge < -0.3 is 14.4 Å². The monoisotopic (exact) mass is 528 g/mol. The molecule has 1 aliphatic heterocycles. The van der Waals surface area contributed by atoms with E-state index in [1.807, 2.05) is 35.1 Å². The Morgan fingerprint density at radius 2 is 1.82 bits per heavy atom. The second-order valence-corrected chi connectivity index (χ2v) is 9.86. The van der Waals surface area contributed by atoms with Crippen LogP contribution in [0.1, 0.15) is 48.8 Å². The van der Waals surface area contributed by atoms with Crippen LogP contribution in [0.4, 0.5) is 0 Å². The number of likely N-dealkylation sites (N-methyl/N-ethyl adjacent to an activating group) is 1. The molecule has 174 valence electrons. The van der Waals surface area contributed by atoms with Crippen LogP contribution in [0, 0.1) is 6.92 Å². The highest BCUT2D eigenvalue weighted by Crippen LogP contribution is 2.37. The Labute approximate surface area is 209 Å². The third-order valence-corrected chi connectivity index (χ3v) is 7.48. The van der Waals surface area contributed by atoms with Gasteiger partial charge in [0.05, 0.1) is 7.11 Å². The fraction of sp³-hybridized carbons (Fsp3) is 0.385. The topological polar surface area (TPSA) is 42.0 Å². The molecular formula is C26H29BrN2O3S. The average Bonchev–Trinajstić information content (AvgIpc) is 3.03. The van der Waals surface area contributed by atoms with Crippen LogP contribution < -0.4 is 9.47 Å². The molecule has 4 rings (SSSR count). The number of carbonyl (C=O) groups excluding carboxylic acids is 1. The van der Waals surface area contributed by atoms with Gasteiger partial charge in [0.2, 0.25) is 0 Å². The second-order valence-electron chi connectivity index (χ2n) is 8.64. The maximum Gasteiger partial charge on any atom is 0.277 e. The molecular weight excluding hydrogens is 500 g/mol. The minimum Gasteiger partial charge on any atom is -0.493 e. The Bertz CT molecular complexity index is 1080. The van der Waals surface area contributed by atoms with Gasteiger partial charge in [0.15, 0.2) is 16.6 Å². The summed E-state index contributed by atoms with van der Waals surface area (Å²) in [5.41, 5.74) is 3.70. The molecule has 0 radical (unpaired) electrons. The summed E-state index contributed by atoms with van der Waals surface area (Å²) in [6, 6.07) is 12.2. The first-order valence-corrected chi connectivity index (χ1v) is 12.5. The number of hydrogen-bond donors (Lipinski definition) is 0. The molecule has 2 fully saturated rings. The molecule has 1 amide bonds. The molecule has 5 nitrogen and oxygen atoms in total. The van der Waals surface area contributed by atoms with Crippen LogP contribution in [0.3, 0.4) is 0 Å².